The fourth-order valence-corrected chi connectivity index (χ4v) is 2.81. The van der Waals surface area contributed by atoms with Gasteiger partial charge in [-0.1, -0.05) is 18.7 Å². The van der Waals surface area contributed by atoms with Gasteiger partial charge in [-0.05, 0) is 27.2 Å². The van der Waals surface area contributed by atoms with Crippen molar-refractivity contribution in [3.05, 3.63) is 5.82 Å². The van der Waals surface area contributed by atoms with Gasteiger partial charge in [0.25, 0.3) is 0 Å². The number of nitrogens with two attached hydrogens (primary N) is 1. The molecular formula is C12H22N4O2S. The predicted octanol–water partition coefficient (Wildman–Crippen LogP) is 1.75. The average molecular weight is 286 g/mol. The number of hydrogen-bond donors (Lipinski definition) is 1. The van der Waals surface area contributed by atoms with Gasteiger partial charge in [0.05, 0.1) is 13.2 Å². The molecule has 0 amide bonds. The second-order valence-corrected chi connectivity index (χ2v) is 5.50. The Hall–Kier alpha value is -1.08. The minimum absolute atomic E-state index is 0.204. The van der Waals surface area contributed by atoms with E-state index in [1.54, 1.807) is 6.92 Å². The second kappa shape index (κ2) is 7.49. The molecule has 2 N–H and O–H groups in total. The van der Waals surface area contributed by atoms with E-state index in [9.17, 15) is 4.79 Å². The number of rotatable bonds is 7. The van der Waals surface area contributed by atoms with E-state index in [4.69, 9.17) is 10.5 Å². The van der Waals surface area contributed by atoms with Gasteiger partial charge in [0, 0.05) is 6.04 Å². The maximum Gasteiger partial charge on any atom is 0.319 e. The molecule has 1 rings (SSSR count). The minimum Gasteiger partial charge on any atom is -0.465 e. The van der Waals surface area contributed by atoms with E-state index in [0.29, 0.717) is 19.6 Å². The van der Waals surface area contributed by atoms with Gasteiger partial charge in [-0.15, -0.1) is 10.2 Å². The van der Waals surface area contributed by atoms with Crippen molar-refractivity contribution in [3.63, 3.8) is 0 Å². The highest BCUT2D eigenvalue weighted by Crippen LogP contribution is 2.27. The Morgan fingerprint density at radius 1 is 1.42 bits per heavy atom. The highest BCUT2D eigenvalue weighted by Gasteiger charge is 2.24. The van der Waals surface area contributed by atoms with Crippen LogP contribution in [0.15, 0.2) is 5.16 Å². The molecule has 6 nitrogen and oxygen atoms in total. The Balaban J connectivity index is 2.91. The third kappa shape index (κ3) is 3.94. The third-order valence-electron chi connectivity index (χ3n) is 2.60. The lowest BCUT2D eigenvalue weighted by molar-refractivity contribution is -0.142. The molecule has 0 fully saturated rings. The first-order valence-electron chi connectivity index (χ1n) is 6.52. The topological polar surface area (TPSA) is 83.0 Å². The molecule has 0 aliphatic rings. The molecule has 0 aromatic carbocycles. The first kappa shape index (κ1) is 16.0. The van der Waals surface area contributed by atoms with Crippen molar-refractivity contribution in [3.8, 4) is 0 Å². The maximum atomic E-state index is 11.8. The second-order valence-electron chi connectivity index (χ2n) is 4.33. The molecule has 7 heteroatoms. The summed E-state index contributed by atoms with van der Waals surface area (Å²) in [6.07, 6.45) is 0.687. The van der Waals surface area contributed by atoms with Crippen molar-refractivity contribution in [2.45, 2.75) is 57.1 Å². The molecule has 1 aromatic rings. The van der Waals surface area contributed by atoms with Crippen LogP contribution in [-0.2, 0) is 16.1 Å². The summed E-state index contributed by atoms with van der Waals surface area (Å²) in [7, 11) is 0. The summed E-state index contributed by atoms with van der Waals surface area (Å²) in [6, 6.07) is 0.204. The lowest BCUT2D eigenvalue weighted by atomic mass is 10.3. The molecule has 1 atom stereocenters. The van der Waals surface area contributed by atoms with Crippen LogP contribution in [0.25, 0.3) is 0 Å². The van der Waals surface area contributed by atoms with Crippen molar-refractivity contribution in [1.29, 1.82) is 0 Å². The number of thioether (sulfide) groups is 1. The largest absolute Gasteiger partial charge is 0.465 e. The summed E-state index contributed by atoms with van der Waals surface area (Å²) in [6.45, 7) is 8.56. The lowest BCUT2D eigenvalue weighted by Crippen LogP contribution is -2.20. The Morgan fingerprint density at radius 3 is 2.58 bits per heavy atom. The number of carbonyl (C=O) groups is 1. The lowest BCUT2D eigenvalue weighted by Gasteiger charge is -2.16. The SMILES string of the molecule is CCOC(=O)C(CC)Sc1nnc(CN)n1C(C)C. The number of hydrogen-bond acceptors (Lipinski definition) is 6. The monoisotopic (exact) mass is 286 g/mol. The smallest absolute Gasteiger partial charge is 0.319 e. The standard InChI is InChI=1S/C12H22N4O2S/c1-5-9(11(17)18-6-2)19-12-15-14-10(7-13)16(12)8(3)4/h8-9H,5-7,13H2,1-4H3. The van der Waals surface area contributed by atoms with E-state index < -0.39 is 0 Å². The van der Waals surface area contributed by atoms with Crippen molar-refractivity contribution >= 4 is 17.7 Å². The zero-order valence-corrected chi connectivity index (χ0v) is 12.7. The molecular weight excluding hydrogens is 264 g/mol. The van der Waals surface area contributed by atoms with Crippen LogP contribution in [0.4, 0.5) is 0 Å². The Morgan fingerprint density at radius 2 is 2.11 bits per heavy atom. The van der Waals surface area contributed by atoms with Crippen molar-refractivity contribution in [2.24, 2.45) is 5.73 Å². The van der Waals surface area contributed by atoms with E-state index in [-0.39, 0.29) is 17.3 Å². The van der Waals surface area contributed by atoms with E-state index in [2.05, 4.69) is 10.2 Å². The van der Waals surface area contributed by atoms with Crippen LogP contribution in [0.5, 0.6) is 0 Å². The zero-order chi connectivity index (χ0) is 14.4. The van der Waals surface area contributed by atoms with Crippen LogP contribution < -0.4 is 5.73 Å². The molecule has 19 heavy (non-hydrogen) atoms. The van der Waals surface area contributed by atoms with Gasteiger partial charge in [-0.25, -0.2) is 0 Å². The summed E-state index contributed by atoms with van der Waals surface area (Å²) >= 11 is 1.39. The quantitative estimate of drug-likeness (QED) is 0.607. The molecule has 1 unspecified atom stereocenters. The number of aromatic nitrogens is 3. The summed E-state index contributed by atoms with van der Waals surface area (Å²) in [5, 5.41) is 8.65. The van der Waals surface area contributed by atoms with Gasteiger partial charge in [0.15, 0.2) is 5.16 Å². The van der Waals surface area contributed by atoms with Crippen molar-refractivity contribution < 1.29 is 9.53 Å². The maximum absolute atomic E-state index is 11.8. The molecule has 0 spiro atoms. The summed E-state index contributed by atoms with van der Waals surface area (Å²) in [4.78, 5) is 11.8. The normalized spacial score (nSPS) is 12.7. The van der Waals surface area contributed by atoms with Crippen LogP contribution in [-0.4, -0.2) is 32.6 Å². The van der Waals surface area contributed by atoms with Crippen LogP contribution in [0, 0.1) is 0 Å². The number of ether oxygens (including phenoxy) is 1. The van der Waals surface area contributed by atoms with Gasteiger partial charge in [-0.3, -0.25) is 4.79 Å². The highest BCUT2D eigenvalue weighted by atomic mass is 32.2. The minimum atomic E-state index is -0.257. The Bertz CT molecular complexity index is 420. The third-order valence-corrected chi connectivity index (χ3v) is 3.90. The zero-order valence-electron chi connectivity index (χ0n) is 11.9. The molecule has 1 heterocycles. The highest BCUT2D eigenvalue weighted by molar-refractivity contribution is 8.00. The van der Waals surface area contributed by atoms with Gasteiger partial charge in [0.2, 0.25) is 0 Å². The summed E-state index contributed by atoms with van der Waals surface area (Å²) < 4.78 is 7.02. The molecule has 0 aliphatic heterocycles. The van der Waals surface area contributed by atoms with Gasteiger partial charge < -0.3 is 15.0 Å². The van der Waals surface area contributed by atoms with Crippen LogP contribution in [0.3, 0.4) is 0 Å². The predicted molar refractivity (Wildman–Crippen MR) is 74.9 cm³/mol. The molecule has 108 valence electrons. The fourth-order valence-electron chi connectivity index (χ4n) is 1.71. The molecule has 0 saturated carbocycles. The fraction of sp³-hybridized carbons (Fsp3) is 0.750. The van der Waals surface area contributed by atoms with Crippen LogP contribution in [0.2, 0.25) is 0 Å². The number of carbonyl (C=O) groups excluding carboxylic acids is 1. The molecule has 0 bridgehead atoms. The molecule has 1 aromatic heterocycles. The molecule has 0 aliphatic carbocycles. The first-order valence-corrected chi connectivity index (χ1v) is 7.40. The number of esters is 1. The van der Waals surface area contributed by atoms with E-state index in [1.165, 1.54) is 11.8 Å². The van der Waals surface area contributed by atoms with E-state index in [1.807, 2.05) is 25.3 Å². The van der Waals surface area contributed by atoms with Crippen LogP contribution >= 0.6 is 11.8 Å². The van der Waals surface area contributed by atoms with E-state index in [0.717, 1.165) is 11.0 Å². The molecule has 0 saturated heterocycles. The van der Waals surface area contributed by atoms with Crippen LogP contribution in [0.1, 0.15) is 46.0 Å². The summed E-state index contributed by atoms with van der Waals surface area (Å²) in [5.41, 5.74) is 5.65. The summed E-state index contributed by atoms with van der Waals surface area (Å²) in [5.74, 6) is 0.527. The Kier molecular flexibility index (Phi) is 6.30. The number of nitrogens with zero attached hydrogens (tertiary/aromatic N) is 3. The van der Waals surface area contributed by atoms with Crippen molar-refractivity contribution in [2.75, 3.05) is 6.61 Å². The average Bonchev–Trinajstić information content (AvgIpc) is 2.78. The van der Waals surface area contributed by atoms with E-state index >= 15 is 0 Å². The Labute approximate surface area is 118 Å². The first-order chi connectivity index (χ1) is 9.04. The molecule has 0 radical (unpaired) electrons. The van der Waals surface area contributed by atoms with Crippen molar-refractivity contribution in [1.82, 2.24) is 14.8 Å². The van der Waals surface area contributed by atoms with Gasteiger partial charge in [-0.2, -0.15) is 0 Å². The van der Waals surface area contributed by atoms with Gasteiger partial charge in [0.1, 0.15) is 11.1 Å². The van der Waals surface area contributed by atoms with Gasteiger partial charge >= 0.3 is 5.97 Å².